The molecule has 27 heavy (non-hydrogen) atoms. The molecule has 1 aliphatic rings. The molecule has 0 aromatic heterocycles. The molecule has 4 heteroatoms. The summed E-state index contributed by atoms with van der Waals surface area (Å²) in [5.41, 5.74) is 2.45. The van der Waals surface area contributed by atoms with Gasteiger partial charge in [0.2, 0.25) is 0 Å². The highest BCUT2D eigenvalue weighted by Crippen LogP contribution is 2.45. The Morgan fingerprint density at radius 2 is 1.48 bits per heavy atom. The first-order valence-electron chi connectivity index (χ1n) is 9.11. The molecule has 1 aliphatic carbocycles. The predicted molar refractivity (Wildman–Crippen MR) is 105 cm³/mol. The maximum atomic E-state index is 13.3. The van der Waals surface area contributed by atoms with Crippen molar-refractivity contribution in [1.29, 1.82) is 0 Å². The number of rotatable bonds is 5. The van der Waals surface area contributed by atoms with Gasteiger partial charge < -0.3 is 5.32 Å². The van der Waals surface area contributed by atoms with E-state index in [-0.39, 0.29) is 11.8 Å². The molecule has 1 saturated carbocycles. The van der Waals surface area contributed by atoms with Crippen LogP contribution in [0.1, 0.15) is 24.0 Å². The summed E-state index contributed by atoms with van der Waals surface area (Å²) < 4.78 is 13.3. The summed E-state index contributed by atoms with van der Waals surface area (Å²) >= 11 is 0. The molecule has 136 valence electrons. The normalized spacial score (nSPS) is 14.4. The van der Waals surface area contributed by atoms with Crippen LogP contribution < -0.4 is 10.2 Å². The lowest BCUT2D eigenvalue weighted by atomic mass is 10.1. The number of carbonyl (C=O) groups is 1. The number of amides is 2. The highest BCUT2D eigenvalue weighted by Gasteiger charge is 2.46. The minimum Gasteiger partial charge on any atom is -0.328 e. The van der Waals surface area contributed by atoms with Gasteiger partial charge in [-0.25, -0.2) is 9.18 Å². The van der Waals surface area contributed by atoms with E-state index < -0.39 is 5.54 Å². The lowest BCUT2D eigenvalue weighted by molar-refractivity contribution is 0.241. The van der Waals surface area contributed by atoms with E-state index in [4.69, 9.17) is 0 Å². The van der Waals surface area contributed by atoms with Crippen LogP contribution in [0.15, 0.2) is 84.9 Å². The third kappa shape index (κ3) is 3.85. The van der Waals surface area contributed by atoms with Gasteiger partial charge in [0.15, 0.2) is 0 Å². The minimum absolute atomic E-state index is 0.146. The summed E-state index contributed by atoms with van der Waals surface area (Å²) in [5, 5.41) is 3.19. The minimum atomic E-state index is -0.394. The van der Waals surface area contributed by atoms with Crippen LogP contribution >= 0.6 is 0 Å². The van der Waals surface area contributed by atoms with Crippen LogP contribution in [-0.4, -0.2) is 6.03 Å². The van der Waals surface area contributed by atoms with Crippen molar-refractivity contribution in [2.45, 2.75) is 24.9 Å². The molecule has 0 unspecified atom stereocenters. The van der Waals surface area contributed by atoms with Crippen molar-refractivity contribution in [1.82, 2.24) is 5.32 Å². The van der Waals surface area contributed by atoms with E-state index in [1.54, 1.807) is 17.0 Å². The first-order chi connectivity index (χ1) is 13.2. The van der Waals surface area contributed by atoms with Crippen molar-refractivity contribution in [2.75, 3.05) is 4.90 Å². The molecule has 0 saturated heterocycles. The van der Waals surface area contributed by atoms with Crippen LogP contribution in [0.5, 0.6) is 0 Å². The number of nitrogens with one attached hydrogen (secondary N) is 1. The predicted octanol–water partition coefficient (Wildman–Crippen LogP) is 5.23. The number of carbonyl (C=O) groups excluding carboxylic acids is 1. The fourth-order valence-corrected chi connectivity index (χ4v) is 3.31. The molecule has 0 atom stereocenters. The van der Waals surface area contributed by atoms with Crippen LogP contribution in [0.4, 0.5) is 14.9 Å². The Morgan fingerprint density at radius 3 is 2.07 bits per heavy atom. The fourth-order valence-electron chi connectivity index (χ4n) is 3.31. The smallest absolute Gasteiger partial charge is 0.322 e. The van der Waals surface area contributed by atoms with Gasteiger partial charge in [0.25, 0.3) is 0 Å². The lowest BCUT2D eigenvalue weighted by Crippen LogP contribution is -2.45. The van der Waals surface area contributed by atoms with Crippen molar-refractivity contribution in [3.8, 4) is 0 Å². The number of nitrogens with zero attached hydrogens (tertiary/aromatic N) is 1. The molecule has 0 spiro atoms. The number of anilines is 1. The van der Waals surface area contributed by atoms with E-state index in [0.29, 0.717) is 6.54 Å². The molecule has 1 N–H and O–H groups in total. The number of halogens is 1. The Hall–Kier alpha value is -3.14. The molecular formula is C23H21FN2O. The molecule has 0 radical (unpaired) electrons. The molecule has 0 heterocycles. The van der Waals surface area contributed by atoms with Crippen molar-refractivity contribution in [3.63, 3.8) is 0 Å². The molecule has 3 aromatic rings. The average Bonchev–Trinajstić information content (AvgIpc) is 3.48. The third-order valence-electron chi connectivity index (χ3n) is 4.99. The standard InChI is InChI=1S/C23H21FN2O/c24-20-13-11-19(12-14-20)23(15-16-23)25-22(27)26(21-9-5-2-6-10-21)17-18-7-3-1-4-8-18/h1-14H,15-17H2,(H,25,27). The summed E-state index contributed by atoms with van der Waals surface area (Å²) in [6.07, 6.45) is 1.72. The van der Waals surface area contributed by atoms with Gasteiger partial charge in [0.05, 0.1) is 12.1 Å². The Labute approximate surface area is 158 Å². The summed E-state index contributed by atoms with van der Waals surface area (Å²) in [5.74, 6) is -0.268. The lowest BCUT2D eigenvalue weighted by Gasteiger charge is -2.27. The van der Waals surface area contributed by atoms with Crippen LogP contribution in [0.25, 0.3) is 0 Å². The summed E-state index contributed by atoms with van der Waals surface area (Å²) in [6, 6.07) is 25.8. The van der Waals surface area contributed by atoms with Gasteiger partial charge >= 0.3 is 6.03 Å². The van der Waals surface area contributed by atoms with E-state index in [2.05, 4.69) is 5.32 Å². The highest BCUT2D eigenvalue weighted by molar-refractivity contribution is 5.92. The van der Waals surface area contributed by atoms with E-state index in [1.807, 2.05) is 60.7 Å². The summed E-state index contributed by atoms with van der Waals surface area (Å²) in [6.45, 7) is 0.482. The molecule has 3 nitrogen and oxygen atoms in total. The zero-order valence-corrected chi connectivity index (χ0v) is 14.9. The molecule has 0 aliphatic heterocycles. The first kappa shape index (κ1) is 17.3. The maximum absolute atomic E-state index is 13.3. The SMILES string of the molecule is O=C(NC1(c2ccc(F)cc2)CC1)N(Cc1ccccc1)c1ccccc1. The Morgan fingerprint density at radius 1 is 0.889 bits per heavy atom. The monoisotopic (exact) mass is 360 g/mol. The summed E-state index contributed by atoms with van der Waals surface area (Å²) in [4.78, 5) is 14.9. The van der Waals surface area contributed by atoms with Gasteiger partial charge in [-0.3, -0.25) is 4.90 Å². The first-order valence-corrected chi connectivity index (χ1v) is 9.11. The Bertz CT molecular complexity index is 906. The molecule has 0 bridgehead atoms. The van der Waals surface area contributed by atoms with Crippen molar-refractivity contribution in [3.05, 3.63) is 102 Å². The second-order valence-electron chi connectivity index (χ2n) is 6.93. The highest BCUT2D eigenvalue weighted by atomic mass is 19.1. The fraction of sp³-hybridized carbons (Fsp3) is 0.174. The van der Waals surface area contributed by atoms with Gasteiger partial charge in [0.1, 0.15) is 5.82 Å². The van der Waals surface area contributed by atoms with Crippen LogP contribution in [-0.2, 0) is 12.1 Å². The second-order valence-corrected chi connectivity index (χ2v) is 6.93. The Balaban J connectivity index is 1.58. The third-order valence-corrected chi connectivity index (χ3v) is 4.99. The number of hydrogen-bond donors (Lipinski definition) is 1. The summed E-state index contributed by atoms with van der Waals surface area (Å²) in [7, 11) is 0. The van der Waals surface area contributed by atoms with E-state index in [0.717, 1.165) is 29.7 Å². The van der Waals surface area contributed by atoms with Crippen molar-refractivity contribution < 1.29 is 9.18 Å². The van der Waals surface area contributed by atoms with Crippen LogP contribution in [0, 0.1) is 5.82 Å². The average molecular weight is 360 g/mol. The van der Waals surface area contributed by atoms with E-state index >= 15 is 0 Å². The molecule has 2 amide bonds. The largest absolute Gasteiger partial charge is 0.328 e. The molecule has 1 fully saturated rings. The zero-order chi connectivity index (χ0) is 18.7. The van der Waals surface area contributed by atoms with Gasteiger partial charge in [-0.15, -0.1) is 0 Å². The molecular weight excluding hydrogens is 339 g/mol. The van der Waals surface area contributed by atoms with E-state index in [1.165, 1.54) is 12.1 Å². The number of benzene rings is 3. The van der Waals surface area contributed by atoms with Gasteiger partial charge in [0, 0.05) is 5.69 Å². The van der Waals surface area contributed by atoms with Crippen molar-refractivity contribution >= 4 is 11.7 Å². The quantitative estimate of drug-likeness (QED) is 0.664. The van der Waals surface area contributed by atoms with Crippen molar-refractivity contribution in [2.24, 2.45) is 0 Å². The van der Waals surface area contributed by atoms with E-state index in [9.17, 15) is 9.18 Å². The molecule has 4 rings (SSSR count). The topological polar surface area (TPSA) is 32.3 Å². The zero-order valence-electron chi connectivity index (χ0n) is 14.9. The number of urea groups is 1. The second kappa shape index (κ2) is 7.23. The Kier molecular flexibility index (Phi) is 4.63. The van der Waals surface area contributed by atoms with Gasteiger partial charge in [-0.1, -0.05) is 60.7 Å². The van der Waals surface area contributed by atoms with Crippen LogP contribution in [0.2, 0.25) is 0 Å². The van der Waals surface area contributed by atoms with Gasteiger partial charge in [-0.05, 0) is 48.2 Å². The number of para-hydroxylation sites is 1. The maximum Gasteiger partial charge on any atom is 0.322 e. The van der Waals surface area contributed by atoms with Crippen LogP contribution in [0.3, 0.4) is 0 Å². The van der Waals surface area contributed by atoms with Gasteiger partial charge in [-0.2, -0.15) is 0 Å². The number of hydrogen-bond acceptors (Lipinski definition) is 1. The molecule has 3 aromatic carbocycles.